The standard InChI is InChI=1S/C10H11ClO2/c1-7-3-4-8(10(12)13-2)5-9(7)6-11/h3-5H,6H2,1-2H3. The van der Waals surface area contributed by atoms with Crippen molar-refractivity contribution in [3.8, 4) is 0 Å². The summed E-state index contributed by atoms with van der Waals surface area (Å²) in [6.45, 7) is 1.96. The van der Waals surface area contributed by atoms with E-state index in [1.165, 1.54) is 7.11 Å². The maximum atomic E-state index is 11.1. The summed E-state index contributed by atoms with van der Waals surface area (Å²) >= 11 is 5.70. The van der Waals surface area contributed by atoms with Crippen LogP contribution in [0.15, 0.2) is 18.2 Å². The van der Waals surface area contributed by atoms with Gasteiger partial charge in [-0.2, -0.15) is 0 Å². The molecule has 0 unspecified atom stereocenters. The van der Waals surface area contributed by atoms with Gasteiger partial charge in [0.05, 0.1) is 12.7 Å². The number of carbonyl (C=O) groups is 1. The van der Waals surface area contributed by atoms with Gasteiger partial charge in [0.25, 0.3) is 0 Å². The van der Waals surface area contributed by atoms with Crippen molar-refractivity contribution in [3.63, 3.8) is 0 Å². The average Bonchev–Trinajstić information content (AvgIpc) is 2.17. The summed E-state index contributed by atoms with van der Waals surface area (Å²) in [5, 5.41) is 0. The molecule has 0 fully saturated rings. The van der Waals surface area contributed by atoms with E-state index in [-0.39, 0.29) is 5.97 Å². The topological polar surface area (TPSA) is 26.3 Å². The van der Waals surface area contributed by atoms with Gasteiger partial charge in [-0.3, -0.25) is 0 Å². The first-order valence-electron chi connectivity index (χ1n) is 3.93. The molecule has 13 heavy (non-hydrogen) atoms. The van der Waals surface area contributed by atoms with E-state index >= 15 is 0 Å². The minimum Gasteiger partial charge on any atom is -0.465 e. The van der Waals surface area contributed by atoms with Crippen LogP contribution in [0.1, 0.15) is 21.5 Å². The van der Waals surface area contributed by atoms with Crippen LogP contribution in [0.5, 0.6) is 0 Å². The van der Waals surface area contributed by atoms with Crippen LogP contribution in [0.25, 0.3) is 0 Å². The van der Waals surface area contributed by atoms with Crippen LogP contribution >= 0.6 is 11.6 Å². The third kappa shape index (κ3) is 2.22. The highest BCUT2D eigenvalue weighted by Gasteiger charge is 2.06. The fourth-order valence-electron chi connectivity index (χ4n) is 1.06. The lowest BCUT2D eigenvalue weighted by atomic mass is 10.1. The lowest BCUT2D eigenvalue weighted by Crippen LogP contribution is -2.02. The third-order valence-electron chi connectivity index (χ3n) is 1.91. The Bertz CT molecular complexity index is 321. The van der Waals surface area contributed by atoms with Crippen LogP contribution in [-0.4, -0.2) is 13.1 Å². The van der Waals surface area contributed by atoms with Crippen molar-refractivity contribution < 1.29 is 9.53 Å². The van der Waals surface area contributed by atoms with Crippen molar-refractivity contribution in [2.75, 3.05) is 7.11 Å². The van der Waals surface area contributed by atoms with Crippen LogP contribution < -0.4 is 0 Å². The van der Waals surface area contributed by atoms with E-state index in [1.54, 1.807) is 12.1 Å². The predicted molar refractivity (Wildman–Crippen MR) is 52.1 cm³/mol. The van der Waals surface area contributed by atoms with Gasteiger partial charge in [0.1, 0.15) is 0 Å². The van der Waals surface area contributed by atoms with Crippen LogP contribution in [0.4, 0.5) is 0 Å². The van der Waals surface area contributed by atoms with E-state index < -0.39 is 0 Å². The highest BCUT2D eigenvalue weighted by Crippen LogP contribution is 2.13. The summed E-state index contributed by atoms with van der Waals surface area (Å²) in [4.78, 5) is 11.1. The summed E-state index contributed by atoms with van der Waals surface area (Å²) in [5.74, 6) is 0.0859. The van der Waals surface area contributed by atoms with Gasteiger partial charge in [0, 0.05) is 5.88 Å². The fraction of sp³-hybridized carbons (Fsp3) is 0.300. The second-order valence-corrected chi connectivity index (χ2v) is 3.03. The molecule has 1 rings (SSSR count). The molecule has 0 aliphatic carbocycles. The summed E-state index contributed by atoms with van der Waals surface area (Å²) < 4.78 is 4.59. The molecule has 0 amide bonds. The SMILES string of the molecule is COC(=O)c1ccc(C)c(CCl)c1. The Morgan fingerprint density at radius 1 is 1.54 bits per heavy atom. The number of esters is 1. The molecule has 0 saturated heterocycles. The Kier molecular flexibility index (Phi) is 3.32. The largest absolute Gasteiger partial charge is 0.465 e. The Labute approximate surface area is 82.5 Å². The van der Waals surface area contributed by atoms with Gasteiger partial charge in [0.2, 0.25) is 0 Å². The highest BCUT2D eigenvalue weighted by molar-refractivity contribution is 6.17. The maximum absolute atomic E-state index is 11.1. The van der Waals surface area contributed by atoms with Gasteiger partial charge < -0.3 is 4.74 Å². The van der Waals surface area contributed by atoms with Crippen LogP contribution in [0.2, 0.25) is 0 Å². The molecule has 0 heterocycles. The van der Waals surface area contributed by atoms with Gasteiger partial charge in [-0.15, -0.1) is 11.6 Å². The Morgan fingerprint density at radius 3 is 2.77 bits per heavy atom. The molecule has 1 aromatic carbocycles. The zero-order chi connectivity index (χ0) is 9.84. The lowest BCUT2D eigenvalue weighted by molar-refractivity contribution is 0.0600. The lowest BCUT2D eigenvalue weighted by Gasteiger charge is -2.04. The monoisotopic (exact) mass is 198 g/mol. The van der Waals surface area contributed by atoms with Gasteiger partial charge in [-0.25, -0.2) is 4.79 Å². The molecule has 70 valence electrons. The summed E-state index contributed by atoms with van der Waals surface area (Å²) in [6.07, 6.45) is 0. The number of methoxy groups -OCH3 is 1. The number of carbonyl (C=O) groups excluding carboxylic acids is 1. The fourth-order valence-corrected chi connectivity index (χ4v) is 1.35. The number of hydrogen-bond donors (Lipinski definition) is 0. The van der Waals surface area contributed by atoms with Crippen molar-refractivity contribution >= 4 is 17.6 Å². The Balaban J connectivity index is 3.06. The second-order valence-electron chi connectivity index (χ2n) is 2.77. The van der Waals surface area contributed by atoms with E-state index in [2.05, 4.69) is 4.74 Å². The van der Waals surface area contributed by atoms with Gasteiger partial charge in [-0.05, 0) is 30.2 Å². The zero-order valence-corrected chi connectivity index (χ0v) is 8.39. The smallest absolute Gasteiger partial charge is 0.337 e. The molecular formula is C10H11ClO2. The molecule has 1 aromatic rings. The Hall–Kier alpha value is -1.02. The number of alkyl halides is 1. The molecule has 0 aliphatic heterocycles. The highest BCUT2D eigenvalue weighted by atomic mass is 35.5. The van der Waals surface area contributed by atoms with E-state index in [1.807, 2.05) is 13.0 Å². The molecule has 0 atom stereocenters. The van der Waals surface area contributed by atoms with Gasteiger partial charge in [0.15, 0.2) is 0 Å². The van der Waals surface area contributed by atoms with Crippen LogP contribution in [-0.2, 0) is 10.6 Å². The number of rotatable bonds is 2. The van der Waals surface area contributed by atoms with E-state index in [4.69, 9.17) is 11.6 Å². The number of ether oxygens (including phenoxy) is 1. The van der Waals surface area contributed by atoms with Crippen molar-refractivity contribution in [2.24, 2.45) is 0 Å². The second kappa shape index (κ2) is 4.28. The molecule has 0 radical (unpaired) electrons. The number of halogens is 1. The summed E-state index contributed by atoms with van der Waals surface area (Å²) in [7, 11) is 1.36. The first-order chi connectivity index (χ1) is 6.19. The summed E-state index contributed by atoms with van der Waals surface area (Å²) in [5.41, 5.74) is 2.59. The van der Waals surface area contributed by atoms with Gasteiger partial charge >= 0.3 is 5.97 Å². The first kappa shape index (κ1) is 10.1. The van der Waals surface area contributed by atoms with Crippen molar-refractivity contribution in [3.05, 3.63) is 34.9 Å². The summed E-state index contributed by atoms with van der Waals surface area (Å²) in [6, 6.07) is 5.36. The van der Waals surface area contributed by atoms with Crippen LogP contribution in [0.3, 0.4) is 0 Å². The molecule has 0 bridgehead atoms. The molecule has 0 saturated carbocycles. The molecule has 0 aromatic heterocycles. The number of hydrogen-bond acceptors (Lipinski definition) is 2. The number of benzene rings is 1. The van der Waals surface area contributed by atoms with E-state index in [0.717, 1.165) is 11.1 Å². The minimum atomic E-state index is -0.327. The minimum absolute atomic E-state index is 0.327. The molecular weight excluding hydrogens is 188 g/mol. The van der Waals surface area contributed by atoms with Crippen LogP contribution in [0, 0.1) is 6.92 Å². The number of aryl methyl sites for hydroxylation is 1. The van der Waals surface area contributed by atoms with Crippen molar-refractivity contribution in [1.82, 2.24) is 0 Å². The van der Waals surface area contributed by atoms with Crippen molar-refractivity contribution in [1.29, 1.82) is 0 Å². The first-order valence-corrected chi connectivity index (χ1v) is 4.46. The predicted octanol–water partition coefficient (Wildman–Crippen LogP) is 2.52. The normalized spacial score (nSPS) is 9.77. The third-order valence-corrected chi connectivity index (χ3v) is 2.20. The maximum Gasteiger partial charge on any atom is 0.337 e. The molecule has 0 N–H and O–H groups in total. The quantitative estimate of drug-likeness (QED) is 0.539. The Morgan fingerprint density at radius 2 is 2.23 bits per heavy atom. The zero-order valence-electron chi connectivity index (χ0n) is 7.63. The molecule has 3 heteroatoms. The average molecular weight is 199 g/mol. The molecule has 0 spiro atoms. The molecule has 2 nitrogen and oxygen atoms in total. The van der Waals surface area contributed by atoms with E-state index in [9.17, 15) is 4.79 Å². The molecule has 0 aliphatic rings. The van der Waals surface area contributed by atoms with E-state index in [0.29, 0.717) is 11.4 Å². The van der Waals surface area contributed by atoms with Crippen molar-refractivity contribution in [2.45, 2.75) is 12.8 Å². The van der Waals surface area contributed by atoms with Gasteiger partial charge in [-0.1, -0.05) is 6.07 Å².